The molecule has 2 aromatic carbocycles. The molecule has 0 saturated heterocycles. The van der Waals surface area contributed by atoms with Gasteiger partial charge in [0.2, 0.25) is 0 Å². The summed E-state index contributed by atoms with van der Waals surface area (Å²) in [5.74, 6) is 7.15. The molecule has 0 spiro atoms. The van der Waals surface area contributed by atoms with E-state index in [0.29, 0.717) is 0 Å². The zero-order chi connectivity index (χ0) is 30.1. The van der Waals surface area contributed by atoms with Crippen molar-refractivity contribution in [1.82, 2.24) is 0 Å². The quantitative estimate of drug-likeness (QED) is 0.0967. The van der Waals surface area contributed by atoms with Gasteiger partial charge in [0.25, 0.3) is 0 Å². The van der Waals surface area contributed by atoms with Crippen molar-refractivity contribution in [3.63, 3.8) is 0 Å². The number of benzene rings is 2. The Hall–Kier alpha value is -1.36. The van der Waals surface area contributed by atoms with Gasteiger partial charge in [0.1, 0.15) is 0 Å². The molecule has 44 heavy (non-hydrogen) atoms. The normalized spacial score (nSPS) is 11.4. The van der Waals surface area contributed by atoms with Gasteiger partial charge in [-0.15, -0.1) is 45.3 Å². The monoisotopic (exact) mass is 722 g/mol. The Balaban J connectivity index is 1.07. The SMILES string of the molecule is CSCCSCc1ccc(-c2ccc(-c3ccc(-c4ccc(-c5ccc(-c6ccc(CSCCSC)s6)s5)cc4)cc3)s2)s1. The second-order valence-electron chi connectivity index (χ2n) is 10.1. The summed E-state index contributed by atoms with van der Waals surface area (Å²) in [4.78, 5) is 11.1. The summed E-state index contributed by atoms with van der Waals surface area (Å²) in [7, 11) is 0. The third kappa shape index (κ3) is 8.51. The number of hydrogen-bond acceptors (Lipinski definition) is 8. The number of thiophene rings is 4. The lowest BCUT2D eigenvalue weighted by molar-refractivity contribution is 1.49. The lowest BCUT2D eigenvalue weighted by Gasteiger charge is -2.05. The summed E-state index contributed by atoms with van der Waals surface area (Å²) < 4.78 is 0. The van der Waals surface area contributed by atoms with Gasteiger partial charge in [0, 0.05) is 73.5 Å². The fraction of sp³-hybridized carbons (Fsp3) is 0.222. The van der Waals surface area contributed by atoms with E-state index in [9.17, 15) is 0 Å². The minimum atomic E-state index is 1.12. The zero-order valence-corrected chi connectivity index (χ0v) is 31.3. The first kappa shape index (κ1) is 32.6. The average molecular weight is 723 g/mol. The third-order valence-corrected chi connectivity index (χ3v) is 16.0. The predicted molar refractivity (Wildman–Crippen MR) is 214 cm³/mol. The van der Waals surface area contributed by atoms with E-state index in [2.05, 4.69) is 110 Å². The summed E-state index contributed by atoms with van der Waals surface area (Å²) in [5, 5.41) is 0. The first-order valence-electron chi connectivity index (χ1n) is 14.4. The number of rotatable bonds is 15. The zero-order valence-electron chi connectivity index (χ0n) is 24.7. The second-order valence-corrected chi connectivity index (χ2v) is 18.8. The maximum Gasteiger partial charge on any atom is 0.0449 e. The highest BCUT2D eigenvalue weighted by Crippen LogP contribution is 2.40. The average Bonchev–Trinajstić information content (AvgIpc) is 3.89. The third-order valence-electron chi connectivity index (χ3n) is 7.05. The summed E-state index contributed by atoms with van der Waals surface area (Å²) in [6, 6.07) is 36.4. The molecule has 0 aliphatic rings. The molecule has 0 amide bonds. The lowest BCUT2D eigenvalue weighted by atomic mass is 10.0. The van der Waals surface area contributed by atoms with Crippen LogP contribution in [0, 0.1) is 0 Å². The van der Waals surface area contributed by atoms with Gasteiger partial charge in [-0.1, -0.05) is 48.5 Å². The fourth-order valence-corrected chi connectivity index (χ4v) is 12.7. The van der Waals surface area contributed by atoms with E-state index in [4.69, 9.17) is 0 Å². The highest BCUT2D eigenvalue weighted by Gasteiger charge is 2.11. The van der Waals surface area contributed by atoms with E-state index in [1.54, 1.807) is 0 Å². The van der Waals surface area contributed by atoms with Crippen LogP contribution in [0.5, 0.6) is 0 Å². The first-order chi connectivity index (χ1) is 21.7. The topological polar surface area (TPSA) is 0 Å². The van der Waals surface area contributed by atoms with E-state index in [0.717, 1.165) is 11.5 Å². The molecule has 0 aliphatic heterocycles. The predicted octanol–water partition coefficient (Wildman–Crippen LogP) is 13.5. The van der Waals surface area contributed by atoms with Crippen molar-refractivity contribution in [1.29, 1.82) is 0 Å². The summed E-state index contributed by atoms with van der Waals surface area (Å²) in [5.41, 5.74) is 5.08. The van der Waals surface area contributed by atoms with Crippen molar-refractivity contribution in [3.05, 3.63) is 107 Å². The molecule has 226 valence electrons. The molecular weight excluding hydrogens is 689 g/mol. The Morgan fingerprint density at radius 1 is 0.364 bits per heavy atom. The molecule has 0 saturated carbocycles. The maximum absolute atomic E-state index is 2.30. The van der Waals surface area contributed by atoms with Gasteiger partial charge in [-0.05, 0) is 83.3 Å². The standard InChI is InChI=1S/C36H34S8/c1-37-19-21-39-23-29-11-13-33(41-29)35-17-15-31(43-35)27-7-3-25(4-8-27)26-5-9-28(10-6-26)32-16-18-36(44-32)34-14-12-30(42-34)24-40-22-20-38-2/h3-18H,19-24H2,1-2H3. The van der Waals surface area contributed by atoms with Gasteiger partial charge >= 0.3 is 0 Å². The number of hydrogen-bond donors (Lipinski definition) is 0. The minimum absolute atomic E-state index is 1.12. The molecule has 4 heterocycles. The van der Waals surface area contributed by atoms with Crippen LogP contribution in [0.25, 0.3) is 51.5 Å². The summed E-state index contributed by atoms with van der Waals surface area (Å²) in [6.45, 7) is 0. The van der Waals surface area contributed by atoms with E-state index in [-0.39, 0.29) is 0 Å². The largest absolute Gasteiger partial charge is 0.165 e. The van der Waals surface area contributed by atoms with E-state index in [1.807, 2.05) is 92.4 Å². The Labute approximate surface area is 295 Å². The van der Waals surface area contributed by atoms with Crippen molar-refractivity contribution in [2.45, 2.75) is 11.5 Å². The Kier molecular flexibility index (Phi) is 12.2. The summed E-state index contributed by atoms with van der Waals surface area (Å²) >= 11 is 15.6. The van der Waals surface area contributed by atoms with Crippen molar-refractivity contribution in [2.24, 2.45) is 0 Å². The van der Waals surface area contributed by atoms with Crippen LogP contribution in [-0.4, -0.2) is 35.5 Å². The molecule has 0 unspecified atom stereocenters. The van der Waals surface area contributed by atoms with Crippen LogP contribution in [-0.2, 0) is 11.5 Å². The van der Waals surface area contributed by atoms with Crippen molar-refractivity contribution in [3.8, 4) is 51.5 Å². The molecule has 6 rings (SSSR count). The molecule has 0 N–H and O–H groups in total. The molecule has 0 radical (unpaired) electrons. The van der Waals surface area contributed by atoms with E-state index >= 15 is 0 Å². The summed E-state index contributed by atoms with van der Waals surface area (Å²) in [6.07, 6.45) is 4.36. The smallest absolute Gasteiger partial charge is 0.0449 e. The highest BCUT2D eigenvalue weighted by molar-refractivity contribution is 8.02. The van der Waals surface area contributed by atoms with Crippen LogP contribution in [0.4, 0.5) is 0 Å². The molecule has 0 bridgehead atoms. The van der Waals surface area contributed by atoms with E-state index < -0.39 is 0 Å². The van der Waals surface area contributed by atoms with Gasteiger partial charge in [0.15, 0.2) is 0 Å². The van der Waals surface area contributed by atoms with Crippen LogP contribution < -0.4 is 0 Å². The van der Waals surface area contributed by atoms with Crippen LogP contribution in [0.1, 0.15) is 9.75 Å². The van der Waals surface area contributed by atoms with Crippen LogP contribution >= 0.6 is 92.4 Å². The Bertz CT molecular complexity index is 1600. The first-order valence-corrected chi connectivity index (χ1v) is 22.8. The lowest BCUT2D eigenvalue weighted by Crippen LogP contribution is -1.82. The van der Waals surface area contributed by atoms with Crippen molar-refractivity contribution >= 4 is 92.4 Å². The minimum Gasteiger partial charge on any atom is -0.165 e. The maximum atomic E-state index is 2.30. The van der Waals surface area contributed by atoms with Crippen LogP contribution in [0.15, 0.2) is 97.1 Å². The van der Waals surface area contributed by atoms with Gasteiger partial charge in [-0.3, -0.25) is 0 Å². The second kappa shape index (κ2) is 16.5. The van der Waals surface area contributed by atoms with Gasteiger partial charge in [0.05, 0.1) is 0 Å². The number of thioether (sulfide) groups is 4. The highest BCUT2D eigenvalue weighted by atomic mass is 32.2. The van der Waals surface area contributed by atoms with Gasteiger partial charge in [-0.25, -0.2) is 0 Å². The van der Waals surface area contributed by atoms with Crippen molar-refractivity contribution in [2.75, 3.05) is 35.5 Å². The van der Waals surface area contributed by atoms with Gasteiger partial charge in [-0.2, -0.15) is 47.0 Å². The molecule has 8 heteroatoms. The van der Waals surface area contributed by atoms with Gasteiger partial charge < -0.3 is 0 Å². The molecule has 0 nitrogen and oxygen atoms in total. The molecule has 0 aliphatic carbocycles. The fourth-order valence-electron chi connectivity index (χ4n) is 4.71. The molecule has 0 fully saturated rings. The van der Waals surface area contributed by atoms with E-state index in [1.165, 1.54) is 84.3 Å². The Morgan fingerprint density at radius 2 is 0.705 bits per heavy atom. The van der Waals surface area contributed by atoms with Crippen molar-refractivity contribution < 1.29 is 0 Å². The molecule has 4 aromatic heterocycles. The molecule has 6 aromatic rings. The van der Waals surface area contributed by atoms with Crippen LogP contribution in [0.3, 0.4) is 0 Å². The Morgan fingerprint density at radius 3 is 1.11 bits per heavy atom. The molecular formula is C36H34S8. The molecule has 0 atom stereocenters. The van der Waals surface area contributed by atoms with Crippen LogP contribution in [0.2, 0.25) is 0 Å².